The third-order valence-electron chi connectivity index (χ3n) is 10.1. The molecule has 14 heteroatoms. The van der Waals surface area contributed by atoms with Gasteiger partial charge in [0.25, 0.3) is 5.91 Å². The van der Waals surface area contributed by atoms with Gasteiger partial charge < -0.3 is 9.73 Å². The molecular weight excluding hydrogens is 711 g/mol. The summed E-state index contributed by atoms with van der Waals surface area (Å²) in [4.78, 5) is 64.0. The fourth-order valence-electron chi connectivity index (χ4n) is 7.19. The first-order valence-electron chi connectivity index (χ1n) is 17.8. The summed E-state index contributed by atoms with van der Waals surface area (Å²) in [5, 5.41) is 12.1. The fourth-order valence-corrected chi connectivity index (χ4v) is 7.19. The number of hydrogen-bond donors (Lipinski definition) is 2. The number of rotatable bonds is 6. The number of nitrogens with zero attached hydrogens (tertiary/aromatic N) is 7. The highest BCUT2D eigenvalue weighted by Gasteiger charge is 2.30. The maximum absolute atomic E-state index is 12.9. The SMILES string of the molecule is Cn1c(=O)n(C)c2c(-n3cccn3)nc(-c3cccc4cc(-c5ccc(C(=O)NCC#Cc6ccc7occ(C8CCC(=O)NC8=O)c7c6)nc5)ncc34)cc21. The average molecular weight is 742 g/mol. The molecule has 1 fully saturated rings. The van der Waals surface area contributed by atoms with Crippen LogP contribution in [-0.4, -0.2) is 58.1 Å². The molecule has 9 rings (SSSR count). The van der Waals surface area contributed by atoms with Crippen molar-refractivity contribution in [2.24, 2.45) is 14.1 Å². The van der Waals surface area contributed by atoms with Gasteiger partial charge in [0.1, 0.15) is 16.8 Å². The van der Waals surface area contributed by atoms with Gasteiger partial charge in [0.05, 0.1) is 35.6 Å². The number of hydrogen-bond acceptors (Lipinski definition) is 9. The van der Waals surface area contributed by atoms with E-state index in [0.29, 0.717) is 45.9 Å². The van der Waals surface area contributed by atoms with Gasteiger partial charge in [-0.15, -0.1) is 0 Å². The van der Waals surface area contributed by atoms with Crippen LogP contribution in [0.4, 0.5) is 0 Å². The first-order valence-corrected chi connectivity index (χ1v) is 17.8. The molecular formula is C42H31N9O5. The highest BCUT2D eigenvalue weighted by molar-refractivity contribution is 6.03. The van der Waals surface area contributed by atoms with Crippen molar-refractivity contribution in [3.8, 4) is 40.2 Å². The van der Waals surface area contributed by atoms with E-state index < -0.39 is 5.92 Å². The number of aryl methyl sites for hydroxylation is 2. The lowest BCUT2D eigenvalue weighted by molar-refractivity contribution is -0.134. The van der Waals surface area contributed by atoms with Gasteiger partial charge in [0.15, 0.2) is 5.82 Å². The van der Waals surface area contributed by atoms with Crippen LogP contribution in [0.3, 0.4) is 0 Å². The van der Waals surface area contributed by atoms with Crippen LogP contribution >= 0.6 is 0 Å². The van der Waals surface area contributed by atoms with Crippen LogP contribution in [0.5, 0.6) is 0 Å². The van der Waals surface area contributed by atoms with Crippen molar-refractivity contribution in [1.29, 1.82) is 0 Å². The molecule has 274 valence electrons. The van der Waals surface area contributed by atoms with Gasteiger partial charge in [-0.3, -0.25) is 38.8 Å². The van der Waals surface area contributed by atoms with E-state index in [9.17, 15) is 19.2 Å². The Morgan fingerprint density at radius 1 is 0.964 bits per heavy atom. The molecule has 0 bridgehead atoms. The van der Waals surface area contributed by atoms with Crippen molar-refractivity contribution in [3.63, 3.8) is 0 Å². The van der Waals surface area contributed by atoms with Crippen LogP contribution in [-0.2, 0) is 23.7 Å². The molecule has 0 spiro atoms. The normalized spacial score (nSPS) is 14.2. The van der Waals surface area contributed by atoms with E-state index in [1.807, 2.05) is 42.5 Å². The molecule has 56 heavy (non-hydrogen) atoms. The number of benzene rings is 2. The number of aromatic nitrogens is 7. The summed E-state index contributed by atoms with van der Waals surface area (Å²) in [7, 11) is 3.46. The molecule has 1 aliphatic heterocycles. The van der Waals surface area contributed by atoms with E-state index in [0.717, 1.165) is 32.8 Å². The number of amides is 3. The summed E-state index contributed by atoms with van der Waals surface area (Å²) in [5.41, 5.74) is 6.44. The molecule has 0 aliphatic carbocycles. The molecule has 0 radical (unpaired) electrons. The zero-order valence-electron chi connectivity index (χ0n) is 30.1. The zero-order valence-corrected chi connectivity index (χ0v) is 30.1. The summed E-state index contributed by atoms with van der Waals surface area (Å²) >= 11 is 0. The summed E-state index contributed by atoms with van der Waals surface area (Å²) in [6, 6.07) is 20.5. The zero-order chi connectivity index (χ0) is 38.5. The second kappa shape index (κ2) is 13.6. The Kier molecular flexibility index (Phi) is 8.31. The molecule has 3 amide bonds. The number of pyridine rings is 3. The van der Waals surface area contributed by atoms with Crippen LogP contribution in [0.15, 0.2) is 107 Å². The summed E-state index contributed by atoms with van der Waals surface area (Å²) in [6.45, 7) is 0.0893. The van der Waals surface area contributed by atoms with E-state index in [1.165, 1.54) is 0 Å². The standard InChI is InChI=1S/C42H31N9O5/c1-49-35-20-34(47-39(51-17-5-16-46-51)38(35)50(2)42(49)55)27-8-3-7-25-19-33(45-22-30(25)27)26-10-12-32(44-21-26)41(54)43-15-4-6-24-9-13-36-29(18-24)31(23-56-36)28-11-14-37(52)48-40(28)53/h3,5,7-10,12-13,16-23,28H,11,14-15H2,1-2H3,(H,43,54)(H,48,52,53). The van der Waals surface area contributed by atoms with Gasteiger partial charge in [-0.05, 0) is 60.3 Å². The predicted molar refractivity (Wildman–Crippen MR) is 208 cm³/mol. The van der Waals surface area contributed by atoms with Crippen LogP contribution in [0.1, 0.15) is 40.4 Å². The monoisotopic (exact) mass is 741 g/mol. The molecule has 1 atom stereocenters. The molecule has 6 aromatic heterocycles. The highest BCUT2D eigenvalue weighted by Crippen LogP contribution is 2.34. The molecule has 7 heterocycles. The molecule has 1 saturated heterocycles. The highest BCUT2D eigenvalue weighted by atomic mass is 16.3. The van der Waals surface area contributed by atoms with E-state index >= 15 is 0 Å². The topological polar surface area (TPSA) is 172 Å². The summed E-state index contributed by atoms with van der Waals surface area (Å²) < 4.78 is 10.5. The lowest BCUT2D eigenvalue weighted by Gasteiger charge is -2.19. The number of imide groups is 1. The fraction of sp³-hybridized carbons (Fsp3) is 0.143. The molecule has 0 saturated carbocycles. The second-order valence-electron chi connectivity index (χ2n) is 13.5. The number of carbonyl (C=O) groups excluding carboxylic acids is 3. The van der Waals surface area contributed by atoms with Crippen molar-refractivity contribution < 1.29 is 18.8 Å². The second-order valence-corrected chi connectivity index (χ2v) is 13.5. The molecule has 8 aromatic rings. The van der Waals surface area contributed by atoms with E-state index in [1.54, 1.807) is 83.2 Å². The van der Waals surface area contributed by atoms with Crippen molar-refractivity contribution in [2.75, 3.05) is 6.54 Å². The minimum atomic E-state index is -0.471. The van der Waals surface area contributed by atoms with Gasteiger partial charge in [-0.1, -0.05) is 30.0 Å². The Hall–Kier alpha value is -7.66. The number of carbonyl (C=O) groups is 3. The Morgan fingerprint density at radius 3 is 2.66 bits per heavy atom. The van der Waals surface area contributed by atoms with Crippen LogP contribution < -0.4 is 16.3 Å². The lowest BCUT2D eigenvalue weighted by Crippen LogP contribution is -2.39. The molecule has 1 aliphatic rings. The molecule has 2 aromatic carbocycles. The first kappa shape index (κ1) is 34.1. The largest absolute Gasteiger partial charge is 0.464 e. The van der Waals surface area contributed by atoms with Crippen molar-refractivity contribution in [2.45, 2.75) is 18.8 Å². The Labute approximate surface area is 317 Å². The number of piperidine rings is 1. The van der Waals surface area contributed by atoms with Gasteiger partial charge in [-0.25, -0.2) is 14.5 Å². The number of nitrogens with one attached hydrogen (secondary N) is 2. The summed E-state index contributed by atoms with van der Waals surface area (Å²) in [5.74, 6) is 5.11. The quantitative estimate of drug-likeness (QED) is 0.180. The third kappa shape index (κ3) is 5.97. The number of furan rings is 1. The van der Waals surface area contributed by atoms with E-state index in [2.05, 4.69) is 32.6 Å². The van der Waals surface area contributed by atoms with Gasteiger partial charge >= 0.3 is 5.69 Å². The maximum Gasteiger partial charge on any atom is 0.328 e. The molecule has 2 N–H and O–H groups in total. The minimum Gasteiger partial charge on any atom is -0.464 e. The van der Waals surface area contributed by atoms with Crippen LogP contribution in [0, 0.1) is 11.8 Å². The molecule has 1 unspecified atom stereocenters. The van der Waals surface area contributed by atoms with Crippen molar-refractivity contribution in [3.05, 3.63) is 125 Å². The van der Waals surface area contributed by atoms with E-state index in [-0.39, 0.29) is 42.1 Å². The smallest absolute Gasteiger partial charge is 0.328 e. The number of fused-ring (bicyclic) bond motifs is 3. The van der Waals surface area contributed by atoms with Crippen LogP contribution in [0.25, 0.3) is 61.1 Å². The maximum atomic E-state index is 12.9. The number of imidazole rings is 1. The van der Waals surface area contributed by atoms with Crippen molar-refractivity contribution >= 4 is 50.5 Å². The first-order chi connectivity index (χ1) is 27.2. The summed E-state index contributed by atoms with van der Waals surface area (Å²) in [6.07, 6.45) is 9.12. The van der Waals surface area contributed by atoms with Gasteiger partial charge in [0, 0.05) is 78.3 Å². The third-order valence-corrected chi connectivity index (χ3v) is 10.1. The van der Waals surface area contributed by atoms with Gasteiger partial charge in [-0.2, -0.15) is 5.10 Å². The van der Waals surface area contributed by atoms with Crippen LogP contribution in [0.2, 0.25) is 0 Å². The molecule has 14 nitrogen and oxygen atoms in total. The average Bonchev–Trinajstić information content (AvgIpc) is 3.96. The van der Waals surface area contributed by atoms with Gasteiger partial charge in [0.2, 0.25) is 11.8 Å². The Balaban J connectivity index is 0.911. The Morgan fingerprint density at radius 2 is 1.86 bits per heavy atom. The minimum absolute atomic E-state index is 0.0893. The van der Waals surface area contributed by atoms with E-state index in [4.69, 9.17) is 14.4 Å². The van der Waals surface area contributed by atoms with Crippen molar-refractivity contribution in [1.82, 2.24) is 44.5 Å². The lowest BCUT2D eigenvalue weighted by atomic mass is 9.90. The Bertz CT molecular complexity index is 3020. The predicted octanol–water partition coefficient (Wildman–Crippen LogP) is 4.78.